The molecular weight excluding hydrogens is 166 g/mol. The van der Waals surface area contributed by atoms with Gasteiger partial charge in [0.2, 0.25) is 0 Å². The predicted octanol–water partition coefficient (Wildman–Crippen LogP) is 0.820. The van der Waals surface area contributed by atoms with E-state index in [-0.39, 0.29) is 5.54 Å². The van der Waals surface area contributed by atoms with Gasteiger partial charge in [0, 0.05) is 5.54 Å². The number of rotatable bonds is 4. The predicted molar refractivity (Wildman–Crippen MR) is 50.0 cm³/mol. The van der Waals surface area contributed by atoms with Crippen molar-refractivity contribution in [1.82, 2.24) is 25.5 Å². The topological polar surface area (TPSA) is 57.7 Å². The van der Waals surface area contributed by atoms with Crippen molar-refractivity contribution in [3.8, 4) is 0 Å². The zero-order chi connectivity index (χ0) is 9.90. The zero-order valence-electron chi connectivity index (χ0n) is 8.70. The SMILES string of the molecule is CCC(C)(C)N(C)Cc1nn[nH]n1. The van der Waals surface area contributed by atoms with Gasteiger partial charge in [-0.2, -0.15) is 5.21 Å². The van der Waals surface area contributed by atoms with Gasteiger partial charge in [0.05, 0.1) is 6.54 Å². The van der Waals surface area contributed by atoms with Crippen LogP contribution in [0.5, 0.6) is 0 Å². The van der Waals surface area contributed by atoms with Crippen LogP contribution in [0.25, 0.3) is 0 Å². The molecule has 0 atom stereocenters. The first-order valence-corrected chi connectivity index (χ1v) is 4.50. The van der Waals surface area contributed by atoms with Crippen LogP contribution in [0.1, 0.15) is 33.0 Å². The first-order chi connectivity index (χ1) is 6.06. The van der Waals surface area contributed by atoms with Gasteiger partial charge in [0.1, 0.15) is 0 Å². The molecule has 0 saturated carbocycles. The maximum absolute atomic E-state index is 3.92. The summed E-state index contributed by atoms with van der Waals surface area (Å²) in [5.74, 6) is 0.740. The molecule has 74 valence electrons. The maximum atomic E-state index is 3.92. The Balaban J connectivity index is 2.55. The van der Waals surface area contributed by atoms with Gasteiger partial charge < -0.3 is 0 Å². The van der Waals surface area contributed by atoms with E-state index < -0.39 is 0 Å². The number of tetrazole rings is 1. The van der Waals surface area contributed by atoms with E-state index in [0.717, 1.165) is 18.8 Å². The highest BCUT2D eigenvalue weighted by molar-refractivity contribution is 4.83. The largest absolute Gasteiger partial charge is 0.294 e. The fourth-order valence-corrected chi connectivity index (χ4v) is 0.946. The van der Waals surface area contributed by atoms with Crippen LogP contribution in [0.3, 0.4) is 0 Å². The van der Waals surface area contributed by atoms with Gasteiger partial charge in [-0.1, -0.05) is 12.1 Å². The van der Waals surface area contributed by atoms with Crippen molar-refractivity contribution in [3.05, 3.63) is 5.82 Å². The van der Waals surface area contributed by atoms with Crippen molar-refractivity contribution in [2.45, 2.75) is 39.3 Å². The standard InChI is InChI=1S/C8H17N5/c1-5-8(2,3)13(4)6-7-9-11-12-10-7/h5-6H2,1-4H3,(H,9,10,11,12). The summed E-state index contributed by atoms with van der Waals surface area (Å²) in [7, 11) is 2.07. The molecule has 0 radical (unpaired) electrons. The van der Waals surface area contributed by atoms with E-state index in [1.807, 2.05) is 0 Å². The summed E-state index contributed by atoms with van der Waals surface area (Å²) in [6.07, 6.45) is 1.10. The van der Waals surface area contributed by atoms with Crippen LogP contribution in [0.4, 0.5) is 0 Å². The Bertz CT molecular complexity index is 241. The Morgan fingerprint density at radius 2 is 2.15 bits per heavy atom. The Hall–Kier alpha value is -0.970. The Kier molecular flexibility index (Phi) is 2.98. The maximum Gasteiger partial charge on any atom is 0.188 e. The molecule has 0 aromatic carbocycles. The van der Waals surface area contributed by atoms with E-state index in [0.29, 0.717) is 0 Å². The lowest BCUT2D eigenvalue weighted by Gasteiger charge is -2.33. The van der Waals surface area contributed by atoms with Crippen molar-refractivity contribution >= 4 is 0 Å². The van der Waals surface area contributed by atoms with Crippen LogP contribution in [0.15, 0.2) is 0 Å². The molecular formula is C8H17N5. The molecule has 5 heteroatoms. The molecule has 0 saturated heterocycles. The number of nitrogens with zero attached hydrogens (tertiary/aromatic N) is 4. The second-order valence-electron chi connectivity index (χ2n) is 3.85. The lowest BCUT2D eigenvalue weighted by atomic mass is 10.0. The number of aromatic amines is 1. The van der Waals surface area contributed by atoms with Gasteiger partial charge in [-0.15, -0.1) is 10.2 Å². The summed E-state index contributed by atoms with van der Waals surface area (Å²) >= 11 is 0. The summed E-state index contributed by atoms with van der Waals surface area (Å²) < 4.78 is 0. The van der Waals surface area contributed by atoms with Crippen LogP contribution >= 0.6 is 0 Å². The summed E-state index contributed by atoms with van der Waals surface area (Å²) in [5, 5.41) is 13.8. The van der Waals surface area contributed by atoms with Crippen LogP contribution in [0, 0.1) is 0 Å². The second kappa shape index (κ2) is 3.83. The smallest absolute Gasteiger partial charge is 0.188 e. The zero-order valence-corrected chi connectivity index (χ0v) is 8.70. The third-order valence-corrected chi connectivity index (χ3v) is 2.67. The third-order valence-electron chi connectivity index (χ3n) is 2.67. The van der Waals surface area contributed by atoms with Crippen molar-refractivity contribution in [1.29, 1.82) is 0 Å². The molecule has 0 fully saturated rings. The first-order valence-electron chi connectivity index (χ1n) is 4.50. The molecule has 1 heterocycles. The second-order valence-corrected chi connectivity index (χ2v) is 3.85. The molecule has 13 heavy (non-hydrogen) atoms. The monoisotopic (exact) mass is 183 g/mol. The first kappa shape index (κ1) is 10.1. The van der Waals surface area contributed by atoms with Gasteiger partial charge in [-0.3, -0.25) is 4.90 Å². The van der Waals surface area contributed by atoms with Gasteiger partial charge in [0.15, 0.2) is 5.82 Å². The van der Waals surface area contributed by atoms with E-state index in [9.17, 15) is 0 Å². The number of nitrogens with one attached hydrogen (secondary N) is 1. The van der Waals surface area contributed by atoms with Crippen LogP contribution in [0.2, 0.25) is 0 Å². The number of hydrogen-bond donors (Lipinski definition) is 1. The number of aromatic nitrogens is 4. The van der Waals surface area contributed by atoms with Crippen LogP contribution < -0.4 is 0 Å². The molecule has 1 rings (SSSR count). The van der Waals surface area contributed by atoms with Crippen LogP contribution in [-0.4, -0.2) is 38.1 Å². The molecule has 1 N–H and O–H groups in total. The Morgan fingerprint density at radius 1 is 1.46 bits per heavy atom. The minimum Gasteiger partial charge on any atom is -0.294 e. The number of H-pyrrole nitrogens is 1. The molecule has 1 aromatic heterocycles. The van der Waals surface area contributed by atoms with Gasteiger partial charge >= 0.3 is 0 Å². The molecule has 0 unspecified atom stereocenters. The third kappa shape index (κ3) is 2.48. The van der Waals surface area contributed by atoms with E-state index in [1.54, 1.807) is 0 Å². The van der Waals surface area contributed by atoms with Crippen LogP contribution in [-0.2, 0) is 6.54 Å². The lowest BCUT2D eigenvalue weighted by molar-refractivity contribution is 0.139. The minimum atomic E-state index is 0.181. The van der Waals surface area contributed by atoms with Crippen molar-refractivity contribution in [2.75, 3.05) is 7.05 Å². The van der Waals surface area contributed by atoms with Crippen molar-refractivity contribution in [2.24, 2.45) is 0 Å². The number of hydrogen-bond acceptors (Lipinski definition) is 4. The highest BCUT2D eigenvalue weighted by atomic mass is 15.5. The minimum absolute atomic E-state index is 0.181. The van der Waals surface area contributed by atoms with Gasteiger partial charge in [-0.05, 0) is 27.3 Å². The van der Waals surface area contributed by atoms with Gasteiger partial charge in [-0.25, -0.2) is 0 Å². The summed E-state index contributed by atoms with van der Waals surface area (Å²) in [4.78, 5) is 2.22. The fourth-order valence-electron chi connectivity index (χ4n) is 0.946. The summed E-state index contributed by atoms with van der Waals surface area (Å²) in [5.41, 5.74) is 0.181. The highest BCUT2D eigenvalue weighted by Crippen LogP contribution is 2.17. The fraction of sp³-hybridized carbons (Fsp3) is 0.875. The average molecular weight is 183 g/mol. The van der Waals surface area contributed by atoms with Crippen molar-refractivity contribution in [3.63, 3.8) is 0 Å². The quantitative estimate of drug-likeness (QED) is 0.750. The molecule has 0 aliphatic rings. The normalized spacial score (nSPS) is 12.4. The van der Waals surface area contributed by atoms with E-state index in [4.69, 9.17) is 0 Å². The lowest BCUT2D eigenvalue weighted by Crippen LogP contribution is -2.40. The average Bonchev–Trinajstić information content (AvgIpc) is 2.57. The molecule has 1 aromatic rings. The molecule has 0 aliphatic heterocycles. The molecule has 0 bridgehead atoms. The molecule has 5 nitrogen and oxygen atoms in total. The summed E-state index contributed by atoms with van der Waals surface area (Å²) in [6.45, 7) is 7.31. The molecule has 0 amide bonds. The van der Waals surface area contributed by atoms with Crippen molar-refractivity contribution < 1.29 is 0 Å². The molecule has 0 spiro atoms. The Labute approximate surface area is 78.5 Å². The molecule has 0 aliphatic carbocycles. The highest BCUT2D eigenvalue weighted by Gasteiger charge is 2.21. The van der Waals surface area contributed by atoms with E-state index in [2.05, 4.69) is 53.3 Å². The summed E-state index contributed by atoms with van der Waals surface area (Å²) in [6, 6.07) is 0. The van der Waals surface area contributed by atoms with E-state index >= 15 is 0 Å². The Morgan fingerprint density at radius 3 is 2.62 bits per heavy atom. The van der Waals surface area contributed by atoms with Gasteiger partial charge in [0.25, 0.3) is 0 Å². The van der Waals surface area contributed by atoms with E-state index in [1.165, 1.54) is 0 Å².